The standard InChI is InChI=1S/C57H94O28S/c1-20(2)16-31-49(78-31)57(9,70)33-11-10-27-26-18-30(29-17-25(85-86(71,72)73)12-14-55(29,7)28(26)13-15-56(27,33)8)79-52-44(69)46(37(62)24(6)76-52)82-54-48(84-51-42(67)39(64)35(60)22(4)75-51)43(68)45(32(19-58)80-54)81-53-47(40(65)36(61)23(5)77-53)83-50-41(66)38(63)34(59)21(3)74-50/h13,20-27,29-54,58-70H,10-12,14-19H2,1-9H3,(H,71,72,73)/t21-,22-,23-,24-,25+,26+,27+,29-,30+,31+,32-,33+,34+,35-,36+,37-,38+,39+,40+,41-,42-,43+,44-,45-,46+,47-,48-,49-,50+,51+,52+,53+,54+,55-,56+,57-/m1/s1. The van der Waals surface area contributed by atoms with Gasteiger partial charge in [-0.25, -0.2) is 4.18 Å². The van der Waals surface area contributed by atoms with Gasteiger partial charge in [-0.1, -0.05) is 39.3 Å². The van der Waals surface area contributed by atoms with Crippen molar-refractivity contribution in [1.82, 2.24) is 0 Å². The second-order valence-corrected chi connectivity index (χ2v) is 28.4. The van der Waals surface area contributed by atoms with E-state index in [-0.39, 0.29) is 48.2 Å². The van der Waals surface area contributed by atoms with Crippen LogP contribution in [0.1, 0.15) is 114 Å². The van der Waals surface area contributed by atoms with Crippen molar-refractivity contribution in [3.63, 3.8) is 0 Å². The molecule has 0 spiro atoms. The van der Waals surface area contributed by atoms with E-state index >= 15 is 0 Å². The zero-order valence-corrected chi connectivity index (χ0v) is 50.8. The molecular formula is C57H94O28S. The Morgan fingerprint density at radius 2 is 1.09 bits per heavy atom. The van der Waals surface area contributed by atoms with E-state index in [0.717, 1.165) is 19.3 Å². The third-order valence-corrected chi connectivity index (χ3v) is 21.8. The number of epoxide rings is 1. The Morgan fingerprint density at radius 3 is 1.66 bits per heavy atom. The lowest BCUT2D eigenvalue weighted by molar-refractivity contribution is -0.408. The number of aliphatic hydroxyl groups excluding tert-OH is 12. The minimum absolute atomic E-state index is 0.0436. The van der Waals surface area contributed by atoms with E-state index in [0.29, 0.717) is 25.2 Å². The van der Waals surface area contributed by atoms with Crippen molar-refractivity contribution in [3.05, 3.63) is 11.6 Å². The highest BCUT2D eigenvalue weighted by Crippen LogP contribution is 2.68. The van der Waals surface area contributed by atoms with Crippen molar-refractivity contribution in [2.24, 2.45) is 40.4 Å². The van der Waals surface area contributed by atoms with E-state index in [2.05, 4.69) is 33.8 Å². The molecule has 0 aromatic carbocycles. The molecule has 0 amide bonds. The van der Waals surface area contributed by atoms with Crippen LogP contribution in [0.25, 0.3) is 0 Å². The summed E-state index contributed by atoms with van der Waals surface area (Å²) in [5.74, 6) is -0.286. The molecule has 0 unspecified atom stereocenters. The zero-order valence-electron chi connectivity index (χ0n) is 50.0. The lowest BCUT2D eigenvalue weighted by Gasteiger charge is -2.60. The Bertz CT molecular complexity index is 2460. The van der Waals surface area contributed by atoms with Crippen LogP contribution in [-0.2, 0) is 66.7 Å². The largest absolute Gasteiger partial charge is 0.397 e. The predicted octanol–water partition coefficient (Wildman–Crippen LogP) is -2.48. The zero-order chi connectivity index (χ0) is 62.8. The molecule has 4 aliphatic carbocycles. The van der Waals surface area contributed by atoms with Crippen LogP contribution < -0.4 is 0 Å². The van der Waals surface area contributed by atoms with Gasteiger partial charge in [-0.05, 0) is 126 Å². The van der Waals surface area contributed by atoms with Crippen LogP contribution in [0, 0.1) is 40.4 Å². The summed E-state index contributed by atoms with van der Waals surface area (Å²) in [6.07, 6.45) is -38.2. The number of allylic oxidation sites excluding steroid dienone is 2. The molecule has 86 heavy (non-hydrogen) atoms. The first kappa shape index (κ1) is 67.5. The fourth-order valence-electron chi connectivity index (χ4n) is 16.4. The van der Waals surface area contributed by atoms with Crippen molar-refractivity contribution >= 4 is 10.4 Å². The molecule has 6 saturated heterocycles. The molecule has 10 aliphatic rings. The molecule has 6 aliphatic heterocycles. The maximum absolute atomic E-state index is 12.5. The van der Waals surface area contributed by atoms with Crippen LogP contribution in [0.3, 0.4) is 0 Å². The molecule has 496 valence electrons. The number of rotatable bonds is 17. The van der Waals surface area contributed by atoms with Gasteiger partial charge in [-0.15, -0.1) is 0 Å². The van der Waals surface area contributed by atoms with Crippen molar-refractivity contribution in [3.8, 4) is 0 Å². The number of hydrogen-bond donors (Lipinski definition) is 14. The second kappa shape index (κ2) is 25.5. The quantitative estimate of drug-likeness (QED) is 0.0407. The summed E-state index contributed by atoms with van der Waals surface area (Å²) in [4.78, 5) is 0. The fraction of sp³-hybridized carbons (Fsp3) is 0.965. The van der Waals surface area contributed by atoms with Gasteiger partial charge in [0.2, 0.25) is 0 Å². The van der Waals surface area contributed by atoms with E-state index in [1.54, 1.807) is 0 Å². The van der Waals surface area contributed by atoms with Gasteiger partial charge in [0.1, 0.15) is 104 Å². The minimum atomic E-state index is -4.88. The van der Waals surface area contributed by atoms with Gasteiger partial charge in [0.25, 0.3) is 0 Å². The van der Waals surface area contributed by atoms with Crippen LogP contribution in [-0.4, -0.2) is 270 Å². The normalized spacial score (nSPS) is 54.1. The van der Waals surface area contributed by atoms with Gasteiger partial charge in [-0.3, -0.25) is 4.55 Å². The highest BCUT2D eigenvalue weighted by Gasteiger charge is 2.67. The van der Waals surface area contributed by atoms with E-state index < -0.39 is 200 Å². The Balaban J connectivity index is 0.929. The van der Waals surface area contributed by atoms with Gasteiger partial charge >= 0.3 is 10.4 Å². The molecule has 36 atom stereocenters. The molecule has 0 aromatic heterocycles. The molecule has 6 heterocycles. The smallest absolute Gasteiger partial charge is 0.394 e. The average molecular weight is 1260 g/mol. The third-order valence-electron chi connectivity index (χ3n) is 21.3. The van der Waals surface area contributed by atoms with Gasteiger partial charge in [0.05, 0.1) is 54.9 Å². The van der Waals surface area contributed by atoms with Crippen molar-refractivity contribution < 1.29 is 136 Å². The lowest BCUT2D eigenvalue weighted by atomic mass is 9.47. The Labute approximate surface area is 500 Å². The van der Waals surface area contributed by atoms with Crippen LogP contribution in [0.4, 0.5) is 0 Å². The Hall–Kier alpha value is -1.35. The summed E-state index contributed by atoms with van der Waals surface area (Å²) in [5, 5.41) is 147. The molecular weight excluding hydrogens is 1160 g/mol. The molecule has 29 heteroatoms. The molecule has 10 rings (SSSR count). The van der Waals surface area contributed by atoms with Gasteiger partial charge in [0.15, 0.2) is 31.5 Å². The highest BCUT2D eigenvalue weighted by molar-refractivity contribution is 7.80. The molecule has 14 N–H and O–H groups in total. The maximum atomic E-state index is 12.5. The average Bonchev–Trinajstić information content (AvgIpc) is 1.37. The number of hydrogen-bond acceptors (Lipinski definition) is 27. The maximum Gasteiger partial charge on any atom is 0.397 e. The van der Waals surface area contributed by atoms with Crippen LogP contribution in [0.5, 0.6) is 0 Å². The molecule has 0 bridgehead atoms. The molecule has 28 nitrogen and oxygen atoms in total. The molecule has 3 saturated carbocycles. The number of ether oxygens (including phenoxy) is 11. The molecule has 0 aromatic rings. The van der Waals surface area contributed by atoms with Crippen LogP contribution in [0.15, 0.2) is 11.6 Å². The molecule has 0 radical (unpaired) electrons. The topological polar surface area (TPSA) is 431 Å². The van der Waals surface area contributed by atoms with Gasteiger partial charge in [-0.2, -0.15) is 8.42 Å². The Kier molecular flexibility index (Phi) is 20.0. The summed E-state index contributed by atoms with van der Waals surface area (Å²) < 4.78 is 107. The monoisotopic (exact) mass is 1260 g/mol. The second-order valence-electron chi connectivity index (χ2n) is 27.4. The summed E-state index contributed by atoms with van der Waals surface area (Å²) in [6.45, 7) is 15.1. The number of fused-ring (bicyclic) bond motifs is 5. The molecule has 9 fully saturated rings. The minimum Gasteiger partial charge on any atom is -0.394 e. The van der Waals surface area contributed by atoms with Crippen molar-refractivity contribution in [2.45, 2.75) is 297 Å². The van der Waals surface area contributed by atoms with Crippen molar-refractivity contribution in [1.29, 1.82) is 0 Å². The Morgan fingerprint density at radius 1 is 0.581 bits per heavy atom. The van der Waals surface area contributed by atoms with Crippen LogP contribution >= 0.6 is 0 Å². The summed E-state index contributed by atoms with van der Waals surface area (Å²) in [5.41, 5.74) is -0.939. The summed E-state index contributed by atoms with van der Waals surface area (Å²) in [7, 11) is -4.88. The summed E-state index contributed by atoms with van der Waals surface area (Å²) in [6, 6.07) is 0. The predicted molar refractivity (Wildman–Crippen MR) is 289 cm³/mol. The fourth-order valence-corrected chi connectivity index (χ4v) is 16.9. The SMILES string of the molecule is CC(C)C[C@@H]1O[C@H]1[C@](C)(O)[C@H]1CC[C@H]2[C@@H]3C[C@H](O[C@@H]4O[C@H](C)[C@@H](O)[C@H](O[C@@H]5O[C@H](CO)[C@@H](O[C@@H]6O[C@H](C)[C@H](O)[C@H](O)[C@H]6O[C@@H]6O[C@H](C)[C@H](O)[C@H](O)[C@H]6O)[C@H](O)[C@H]5O[C@@H]5O[C@H](C)[C@@H](O)[C@H](O)[C@H]5O)[C@H]4O)[C@H]4C[C@@H](OS(=O)(=O)O)CC[C@]4(C)C3=CC[C@]12C. The van der Waals surface area contributed by atoms with E-state index in [1.807, 2.05) is 6.92 Å². The highest BCUT2D eigenvalue weighted by atomic mass is 32.3. The van der Waals surface area contributed by atoms with Crippen LogP contribution in [0.2, 0.25) is 0 Å². The first-order chi connectivity index (χ1) is 40.2. The van der Waals surface area contributed by atoms with E-state index in [4.69, 9.17) is 56.3 Å². The third kappa shape index (κ3) is 12.7. The first-order valence-electron chi connectivity index (χ1n) is 30.6. The van der Waals surface area contributed by atoms with Crippen molar-refractivity contribution in [2.75, 3.05) is 6.61 Å². The summed E-state index contributed by atoms with van der Waals surface area (Å²) >= 11 is 0. The number of aliphatic hydroxyl groups is 13. The lowest BCUT2D eigenvalue weighted by Crippen LogP contribution is -2.68. The van der Waals surface area contributed by atoms with Gasteiger partial charge < -0.3 is 118 Å². The van der Waals surface area contributed by atoms with Gasteiger partial charge in [0, 0.05) is 0 Å². The van der Waals surface area contributed by atoms with E-state index in [1.165, 1.54) is 33.3 Å². The van der Waals surface area contributed by atoms with E-state index in [9.17, 15) is 79.4 Å². The first-order valence-corrected chi connectivity index (χ1v) is 31.9.